The first-order valence-electron chi connectivity index (χ1n) is 47.4. The summed E-state index contributed by atoms with van der Waals surface area (Å²) < 4.78 is 78.6. The zero-order chi connectivity index (χ0) is 89.4. The van der Waals surface area contributed by atoms with Crippen molar-refractivity contribution >= 4 is 79.0 Å². The molecule has 0 saturated carbocycles. The molecular formula is C122H76BN3. The molecule has 0 atom stereocenters. The Morgan fingerprint density at radius 1 is 0.198 bits per heavy atom. The van der Waals surface area contributed by atoms with Crippen molar-refractivity contribution in [2.75, 3.05) is 9.80 Å². The molecule has 0 radical (unpaired) electrons. The Kier molecular flexibility index (Phi) is 13.6. The van der Waals surface area contributed by atoms with E-state index in [1.54, 1.807) is 4.57 Å². The van der Waals surface area contributed by atoms with Crippen LogP contribution in [-0.2, 0) is 10.8 Å². The molecule has 0 N–H and O–H groups in total. The Labute approximate surface area is 744 Å². The van der Waals surface area contributed by atoms with E-state index >= 15 is 0 Å². The molecule has 0 saturated heterocycles. The molecule has 3 heterocycles. The first kappa shape index (κ1) is 62.9. The third-order valence-electron chi connectivity index (χ3n) is 28.1. The maximum atomic E-state index is 10.0. The molecule has 2 aliphatic heterocycles. The number of benzene rings is 20. The number of para-hydroxylation sites is 2. The second kappa shape index (κ2) is 27.2. The van der Waals surface area contributed by atoms with Gasteiger partial charge in [-0.15, -0.1) is 0 Å². The van der Waals surface area contributed by atoms with Gasteiger partial charge < -0.3 is 14.4 Å². The largest absolute Gasteiger partial charge is 0.311 e. The third-order valence-corrected chi connectivity index (χ3v) is 28.1. The lowest BCUT2D eigenvalue weighted by Gasteiger charge is -2.45. The van der Waals surface area contributed by atoms with Gasteiger partial charge in [0.2, 0.25) is 0 Å². The number of hydrogen-bond acceptors (Lipinski definition) is 2. The van der Waals surface area contributed by atoms with Gasteiger partial charge in [0.1, 0.15) is 0 Å². The van der Waals surface area contributed by atoms with Crippen LogP contribution < -0.4 is 26.2 Å². The highest BCUT2D eigenvalue weighted by Crippen LogP contribution is 2.66. The van der Waals surface area contributed by atoms with E-state index in [4.69, 9.17) is 0 Å². The monoisotopic (exact) mass is 1600 g/mol. The average molecular weight is 1600 g/mol. The van der Waals surface area contributed by atoms with Crippen LogP contribution in [0, 0.1) is 0 Å². The first-order chi connectivity index (χ1) is 65.8. The van der Waals surface area contributed by atoms with E-state index in [2.05, 4.69) is 416 Å². The summed E-state index contributed by atoms with van der Waals surface area (Å²) in [4.78, 5) is 5.01. The predicted octanol–water partition coefficient (Wildman–Crippen LogP) is 29.2. The Hall–Kier alpha value is -16.1. The van der Waals surface area contributed by atoms with E-state index in [1.807, 2.05) is 6.07 Å². The smallest absolute Gasteiger partial charge is 0.252 e. The van der Waals surface area contributed by atoms with Gasteiger partial charge in [0, 0.05) is 50.3 Å². The van der Waals surface area contributed by atoms with Gasteiger partial charge in [0.05, 0.1) is 44.2 Å². The third kappa shape index (κ3) is 9.89. The quantitative estimate of drug-likeness (QED) is 0.126. The van der Waals surface area contributed by atoms with E-state index in [1.165, 1.54) is 77.9 Å². The van der Waals surface area contributed by atoms with Crippen molar-refractivity contribution < 1.29 is 11.0 Å². The van der Waals surface area contributed by atoms with Crippen LogP contribution in [0.1, 0.15) is 55.5 Å². The fourth-order valence-corrected chi connectivity index (χ4v) is 23.0. The average Bonchev–Trinajstić information content (AvgIpc) is 1.49. The zero-order valence-electron chi connectivity index (χ0n) is 76.2. The van der Waals surface area contributed by atoms with Crippen LogP contribution in [0.2, 0.25) is 0 Å². The lowest BCUT2D eigenvalue weighted by atomic mass is 9.33. The summed E-state index contributed by atoms with van der Waals surface area (Å²) in [6, 6.07) is 148. The van der Waals surface area contributed by atoms with Crippen LogP contribution in [0.4, 0.5) is 34.1 Å². The fourth-order valence-electron chi connectivity index (χ4n) is 23.0. The van der Waals surface area contributed by atoms with E-state index in [0.29, 0.717) is 5.69 Å². The molecule has 4 aliphatic carbocycles. The highest BCUT2D eigenvalue weighted by atomic mass is 15.2. The molecule has 126 heavy (non-hydrogen) atoms. The minimum Gasteiger partial charge on any atom is -0.311 e. The minimum atomic E-state index is -0.626. The van der Waals surface area contributed by atoms with Gasteiger partial charge in [-0.05, 0) is 251 Å². The summed E-state index contributed by atoms with van der Waals surface area (Å²) in [5.74, 6) is 0. The number of anilines is 6. The maximum absolute atomic E-state index is 10.0. The molecule has 6 aliphatic rings. The van der Waals surface area contributed by atoms with Gasteiger partial charge in [-0.2, -0.15) is 0 Å². The molecule has 2 spiro atoms. The van der Waals surface area contributed by atoms with Crippen LogP contribution in [0.15, 0.2) is 461 Å². The SMILES string of the molecule is [2H]c1c([2H])c([2H])c2c(c1[2H])c1c([2H])c([2H])c([2H])c([2H])c1n2-c1ccc2c(c1)N(c1ccc(-c3ccccc3)cc1-c1ccc3c(c1)-c1ccccc1C31c3ccccc3-c3ccccc31)c1cc(-c3ccccc3)cc3c1B2c1ccc(-c2ccccc2-c2ccccc2)cc1N3c1ccc(-c2ccccc2)cc1-c1ccc2c(c1)-c1ccccc1C21c2ccccc2-c2ccccc21. The van der Waals surface area contributed by atoms with Gasteiger partial charge in [-0.1, -0.05) is 382 Å². The van der Waals surface area contributed by atoms with Crippen LogP contribution in [0.3, 0.4) is 0 Å². The summed E-state index contributed by atoms with van der Waals surface area (Å²) in [7, 11) is 0. The van der Waals surface area contributed by atoms with Gasteiger partial charge in [-0.3, -0.25) is 0 Å². The lowest BCUT2D eigenvalue weighted by Crippen LogP contribution is -2.61. The Morgan fingerprint density at radius 3 is 0.929 bits per heavy atom. The summed E-state index contributed by atoms with van der Waals surface area (Å²) in [6.45, 7) is -0.545. The molecule has 3 nitrogen and oxygen atoms in total. The second-order valence-electron chi connectivity index (χ2n) is 34.1. The molecular weight excluding hydrogens is 1520 g/mol. The number of hydrogen-bond donors (Lipinski definition) is 0. The van der Waals surface area contributed by atoms with Gasteiger partial charge in [0.15, 0.2) is 0 Å². The highest BCUT2D eigenvalue weighted by Gasteiger charge is 2.54. The lowest BCUT2D eigenvalue weighted by molar-refractivity contribution is 0.794. The van der Waals surface area contributed by atoms with Crippen LogP contribution in [0.5, 0.6) is 0 Å². The van der Waals surface area contributed by atoms with E-state index in [9.17, 15) is 11.0 Å². The summed E-state index contributed by atoms with van der Waals surface area (Å²) in [6.07, 6.45) is 0. The van der Waals surface area contributed by atoms with Gasteiger partial charge >= 0.3 is 0 Å². The van der Waals surface area contributed by atoms with Crippen LogP contribution in [-0.4, -0.2) is 11.3 Å². The molecule has 582 valence electrons. The summed E-state index contributed by atoms with van der Waals surface area (Å²) in [5, 5.41) is -0.000936. The van der Waals surface area contributed by atoms with Crippen molar-refractivity contribution in [3.63, 3.8) is 0 Å². The molecule has 27 rings (SSSR count). The van der Waals surface area contributed by atoms with Crippen molar-refractivity contribution in [2.24, 2.45) is 0 Å². The Balaban J connectivity index is 0.773. The topological polar surface area (TPSA) is 11.4 Å². The van der Waals surface area contributed by atoms with Crippen LogP contribution >= 0.6 is 0 Å². The summed E-state index contributed by atoms with van der Waals surface area (Å²) >= 11 is 0. The molecule has 1 aromatic heterocycles. The van der Waals surface area contributed by atoms with Gasteiger partial charge in [0.25, 0.3) is 6.71 Å². The number of aromatic nitrogens is 1. The van der Waals surface area contributed by atoms with E-state index in [0.717, 1.165) is 140 Å². The molecule has 20 aromatic carbocycles. The maximum Gasteiger partial charge on any atom is 0.252 e. The van der Waals surface area contributed by atoms with Crippen molar-refractivity contribution in [1.29, 1.82) is 0 Å². The van der Waals surface area contributed by atoms with Crippen molar-refractivity contribution in [3.8, 4) is 128 Å². The van der Waals surface area contributed by atoms with Crippen molar-refractivity contribution in [2.45, 2.75) is 10.8 Å². The highest BCUT2D eigenvalue weighted by molar-refractivity contribution is 7.00. The minimum absolute atomic E-state index is 0.000468. The Bertz CT molecular complexity index is 8540. The molecule has 21 aromatic rings. The Morgan fingerprint density at radius 2 is 0.500 bits per heavy atom. The number of fused-ring (bicyclic) bond motifs is 27. The molecule has 0 bridgehead atoms. The van der Waals surface area contributed by atoms with E-state index < -0.39 is 53.8 Å². The molecule has 0 amide bonds. The molecule has 0 unspecified atom stereocenters. The normalized spacial score (nSPS) is 14.5. The zero-order valence-corrected chi connectivity index (χ0v) is 68.2. The predicted molar refractivity (Wildman–Crippen MR) is 525 cm³/mol. The van der Waals surface area contributed by atoms with Crippen molar-refractivity contribution in [3.05, 3.63) is 505 Å². The second-order valence-corrected chi connectivity index (χ2v) is 34.1. The summed E-state index contributed by atoms with van der Waals surface area (Å²) in [5.41, 5.74) is 41.3. The fraction of sp³-hybridized carbons (Fsp3) is 0.0164. The number of rotatable bonds is 10. The standard InChI is InChI=1S/C122H76BN3/c1-5-31-77(32-6-1)81-60-67-114(98(69-81)83-57-63-108-100(71-83)94-45-19-27-53-106(94)121(108)102-49-23-15-41-90(102)91-42-16-24-50-103(91)121)125-116-73-85(89-40-14-13-39-88(89)80-37-11-4-12-38-80)59-65-110(116)123-111-66-62-87(124-112-55-29-21-47-96(112)97-48-22-30-56-113(97)124)76-117(111)126(119-75-86(74-118(125)120(119)123)79-35-9-3-10-36-79)115-68-61-82(78-33-7-2-8-34-78)70-99(115)84-58-64-109-101(72-84)95-46-20-28-54-107(95)122(109)104-51-25-17-43-92(104)93-44-18-26-52-105(93)122/h1-76H/i21D,22D,29D,30D,47D,48D,55D,56D. The number of nitrogens with zero attached hydrogens (tertiary/aromatic N) is 3. The molecule has 4 heteroatoms. The van der Waals surface area contributed by atoms with Gasteiger partial charge in [-0.25, -0.2) is 0 Å². The van der Waals surface area contributed by atoms with Crippen molar-refractivity contribution in [1.82, 2.24) is 4.57 Å². The first-order valence-corrected chi connectivity index (χ1v) is 43.4. The van der Waals surface area contributed by atoms with Crippen LogP contribution in [0.25, 0.3) is 150 Å². The van der Waals surface area contributed by atoms with E-state index in [-0.39, 0.29) is 33.9 Å². The molecule has 0 fully saturated rings.